The second-order valence-corrected chi connectivity index (χ2v) is 7.80. The summed E-state index contributed by atoms with van der Waals surface area (Å²) in [5, 5.41) is 16.3. The number of benzene rings is 2. The van der Waals surface area contributed by atoms with E-state index in [0.717, 1.165) is 16.3 Å². The molecule has 0 saturated heterocycles. The molecule has 0 aliphatic rings. The van der Waals surface area contributed by atoms with Crippen LogP contribution in [-0.4, -0.2) is 24.7 Å². The third kappa shape index (κ3) is 5.25. The largest absolute Gasteiger partial charge is 0.330 e. The number of thiocarbonyl (C=S) groups is 1. The summed E-state index contributed by atoms with van der Waals surface area (Å²) < 4.78 is 3.68. The summed E-state index contributed by atoms with van der Waals surface area (Å²) in [6, 6.07) is 18.0. The van der Waals surface area contributed by atoms with Crippen LogP contribution in [0.1, 0.15) is 16.7 Å². The van der Waals surface area contributed by atoms with Gasteiger partial charge in [-0.25, -0.2) is 0 Å². The average Bonchev–Trinajstić information content (AvgIpc) is 3.33. The number of anilines is 2. The van der Waals surface area contributed by atoms with Gasteiger partial charge in [-0.2, -0.15) is 10.2 Å². The summed E-state index contributed by atoms with van der Waals surface area (Å²) in [7, 11) is 0. The van der Waals surface area contributed by atoms with Crippen LogP contribution < -0.4 is 10.6 Å². The van der Waals surface area contributed by atoms with Crippen molar-refractivity contribution in [2.45, 2.75) is 20.0 Å². The van der Waals surface area contributed by atoms with Crippen molar-refractivity contribution < 1.29 is 0 Å². The maximum Gasteiger partial charge on any atom is 0.176 e. The number of rotatable bonds is 6. The molecule has 0 amide bonds. The van der Waals surface area contributed by atoms with Gasteiger partial charge in [0.1, 0.15) is 0 Å². The van der Waals surface area contributed by atoms with Gasteiger partial charge in [-0.3, -0.25) is 9.36 Å². The van der Waals surface area contributed by atoms with Gasteiger partial charge in [0.2, 0.25) is 0 Å². The molecule has 0 radical (unpaired) electrons. The molecule has 0 saturated carbocycles. The Balaban J connectivity index is 1.32. The number of aryl methyl sites for hydroxylation is 1. The Bertz CT molecular complexity index is 1170. The van der Waals surface area contributed by atoms with E-state index < -0.39 is 0 Å². The molecule has 2 N–H and O–H groups in total. The summed E-state index contributed by atoms with van der Waals surface area (Å²) in [5.41, 5.74) is 4.26. The molecule has 4 aromatic rings. The number of hydrogen-bond donors (Lipinski definition) is 2. The number of aromatic nitrogens is 4. The predicted octanol–water partition coefficient (Wildman–Crippen LogP) is 4.95. The molecule has 2 aromatic heterocycles. The van der Waals surface area contributed by atoms with Gasteiger partial charge in [0.25, 0.3) is 0 Å². The Kier molecular flexibility index (Phi) is 6.11. The van der Waals surface area contributed by atoms with Gasteiger partial charge in [-0.05, 0) is 36.3 Å². The molecule has 2 heterocycles. The molecule has 30 heavy (non-hydrogen) atoms. The van der Waals surface area contributed by atoms with Crippen LogP contribution in [-0.2, 0) is 13.1 Å². The standard InChI is InChI=1S/C22H21ClN6S/c1-16-5-4-6-17(11-16)13-29-15-19(12-24-29)25-22(30)26-21-9-10-28(27-21)14-18-7-2-3-8-20(18)23/h2-12,15H,13-14H2,1H3,(H2,25,26,27,30). The van der Waals surface area contributed by atoms with Crippen molar-refractivity contribution in [3.63, 3.8) is 0 Å². The zero-order chi connectivity index (χ0) is 20.9. The van der Waals surface area contributed by atoms with Crippen LogP contribution in [0.5, 0.6) is 0 Å². The third-order valence-corrected chi connectivity index (χ3v) is 5.06. The molecule has 0 aliphatic carbocycles. The maximum absolute atomic E-state index is 6.22. The monoisotopic (exact) mass is 436 g/mol. The second-order valence-electron chi connectivity index (χ2n) is 6.98. The highest BCUT2D eigenvalue weighted by atomic mass is 35.5. The molecule has 152 valence electrons. The molecule has 0 fully saturated rings. The van der Waals surface area contributed by atoms with Gasteiger partial charge in [-0.15, -0.1) is 0 Å². The van der Waals surface area contributed by atoms with Crippen LogP contribution in [0.15, 0.2) is 73.2 Å². The predicted molar refractivity (Wildman–Crippen MR) is 125 cm³/mol. The smallest absolute Gasteiger partial charge is 0.176 e. The van der Waals surface area contributed by atoms with Crippen molar-refractivity contribution in [1.29, 1.82) is 0 Å². The van der Waals surface area contributed by atoms with E-state index in [0.29, 0.717) is 24.0 Å². The van der Waals surface area contributed by atoms with E-state index >= 15 is 0 Å². The van der Waals surface area contributed by atoms with E-state index in [-0.39, 0.29) is 0 Å². The Labute approximate surface area is 185 Å². The first-order valence-corrected chi connectivity index (χ1v) is 10.3. The quantitative estimate of drug-likeness (QED) is 0.419. The minimum atomic E-state index is 0.452. The fraction of sp³-hybridized carbons (Fsp3) is 0.136. The van der Waals surface area contributed by atoms with Crippen molar-refractivity contribution in [3.05, 3.63) is 94.9 Å². The lowest BCUT2D eigenvalue weighted by atomic mass is 10.1. The lowest BCUT2D eigenvalue weighted by molar-refractivity contribution is 0.686. The van der Waals surface area contributed by atoms with E-state index in [4.69, 9.17) is 23.8 Å². The zero-order valence-corrected chi connectivity index (χ0v) is 18.0. The highest BCUT2D eigenvalue weighted by Gasteiger charge is 2.06. The number of hydrogen-bond acceptors (Lipinski definition) is 3. The van der Waals surface area contributed by atoms with Crippen molar-refractivity contribution in [3.8, 4) is 0 Å². The normalized spacial score (nSPS) is 10.7. The molecule has 8 heteroatoms. The van der Waals surface area contributed by atoms with Gasteiger partial charge >= 0.3 is 0 Å². The van der Waals surface area contributed by atoms with Crippen molar-refractivity contribution in [1.82, 2.24) is 19.6 Å². The van der Waals surface area contributed by atoms with Crippen LogP contribution in [0.2, 0.25) is 5.02 Å². The van der Waals surface area contributed by atoms with Crippen molar-refractivity contribution in [2.75, 3.05) is 10.6 Å². The first-order chi connectivity index (χ1) is 14.5. The number of nitrogens with zero attached hydrogens (tertiary/aromatic N) is 4. The molecule has 0 spiro atoms. The summed E-state index contributed by atoms with van der Waals surface area (Å²) in [5.74, 6) is 0.659. The minimum absolute atomic E-state index is 0.452. The second kappa shape index (κ2) is 9.11. The Morgan fingerprint density at radius 2 is 1.90 bits per heavy atom. The van der Waals surface area contributed by atoms with Crippen LogP contribution in [0.4, 0.5) is 11.5 Å². The van der Waals surface area contributed by atoms with Gasteiger partial charge in [0.05, 0.1) is 25.0 Å². The van der Waals surface area contributed by atoms with Gasteiger partial charge in [0, 0.05) is 23.5 Å². The van der Waals surface area contributed by atoms with Crippen LogP contribution in [0, 0.1) is 6.92 Å². The number of halogens is 1. The average molecular weight is 437 g/mol. The summed E-state index contributed by atoms with van der Waals surface area (Å²) in [4.78, 5) is 0. The molecule has 6 nitrogen and oxygen atoms in total. The SMILES string of the molecule is Cc1cccc(Cn2cc(NC(=S)Nc3ccn(Cc4ccccc4Cl)n3)cn2)c1. The number of nitrogens with one attached hydrogen (secondary N) is 2. The molecule has 0 bridgehead atoms. The van der Waals surface area contributed by atoms with Gasteiger partial charge in [-0.1, -0.05) is 59.6 Å². The lowest BCUT2D eigenvalue weighted by Gasteiger charge is -2.07. The summed E-state index contributed by atoms with van der Waals surface area (Å²) >= 11 is 11.6. The molecular weight excluding hydrogens is 416 g/mol. The zero-order valence-electron chi connectivity index (χ0n) is 16.4. The van der Waals surface area contributed by atoms with E-state index in [9.17, 15) is 0 Å². The molecule has 4 rings (SSSR count). The molecule has 2 aromatic carbocycles. The van der Waals surface area contributed by atoms with Gasteiger partial charge in [0.15, 0.2) is 10.9 Å². The third-order valence-electron chi connectivity index (χ3n) is 4.49. The molecule has 0 atom stereocenters. The first kappa shape index (κ1) is 20.1. The van der Waals surface area contributed by atoms with E-state index in [1.54, 1.807) is 6.20 Å². The highest BCUT2D eigenvalue weighted by molar-refractivity contribution is 7.80. The van der Waals surface area contributed by atoms with Crippen molar-refractivity contribution >= 4 is 40.4 Å². The molecular formula is C22H21ClN6S. The lowest BCUT2D eigenvalue weighted by Crippen LogP contribution is -2.19. The first-order valence-electron chi connectivity index (χ1n) is 9.48. The summed E-state index contributed by atoms with van der Waals surface area (Å²) in [6.07, 6.45) is 5.56. The maximum atomic E-state index is 6.22. The highest BCUT2D eigenvalue weighted by Crippen LogP contribution is 2.17. The Hall–Kier alpha value is -3.16. The van der Waals surface area contributed by atoms with Crippen LogP contribution in [0.3, 0.4) is 0 Å². The fourth-order valence-electron chi connectivity index (χ4n) is 3.11. The van der Waals surface area contributed by atoms with Crippen molar-refractivity contribution in [2.24, 2.45) is 0 Å². The molecule has 0 aliphatic heterocycles. The summed E-state index contributed by atoms with van der Waals surface area (Å²) in [6.45, 7) is 3.38. The van der Waals surface area contributed by atoms with Crippen LogP contribution in [0.25, 0.3) is 0 Å². The van der Waals surface area contributed by atoms with E-state index in [1.165, 1.54) is 11.1 Å². The van der Waals surface area contributed by atoms with E-state index in [1.807, 2.05) is 52.1 Å². The minimum Gasteiger partial charge on any atom is -0.330 e. The van der Waals surface area contributed by atoms with E-state index in [2.05, 4.69) is 52.0 Å². The fourth-order valence-corrected chi connectivity index (χ4v) is 3.53. The Morgan fingerprint density at radius 3 is 2.73 bits per heavy atom. The van der Waals surface area contributed by atoms with Crippen LogP contribution >= 0.6 is 23.8 Å². The van der Waals surface area contributed by atoms with Gasteiger partial charge < -0.3 is 10.6 Å². The Morgan fingerprint density at radius 1 is 1.03 bits per heavy atom. The molecule has 0 unspecified atom stereocenters. The topological polar surface area (TPSA) is 59.7 Å².